The van der Waals surface area contributed by atoms with Gasteiger partial charge in [-0.3, -0.25) is 9.59 Å². The van der Waals surface area contributed by atoms with Crippen LogP contribution >= 0.6 is 15.9 Å². The Hall–Kier alpha value is -2.34. The van der Waals surface area contributed by atoms with Crippen LogP contribution in [0.5, 0.6) is 5.75 Å². The van der Waals surface area contributed by atoms with Gasteiger partial charge in [0.2, 0.25) is 0 Å². The second kappa shape index (κ2) is 9.04. The van der Waals surface area contributed by atoms with Crippen molar-refractivity contribution >= 4 is 27.7 Å². The molecule has 0 radical (unpaired) electrons. The van der Waals surface area contributed by atoms with Crippen molar-refractivity contribution in [2.45, 2.75) is 31.9 Å². The van der Waals surface area contributed by atoms with Crippen molar-refractivity contribution in [1.82, 2.24) is 10.2 Å². The van der Waals surface area contributed by atoms with Crippen molar-refractivity contribution in [1.29, 1.82) is 0 Å². The van der Waals surface area contributed by atoms with Crippen molar-refractivity contribution in [2.75, 3.05) is 13.1 Å². The Balaban J connectivity index is 1.47. The zero-order valence-corrected chi connectivity index (χ0v) is 16.8. The van der Waals surface area contributed by atoms with Crippen LogP contribution in [-0.4, -0.2) is 41.9 Å². The molecule has 1 unspecified atom stereocenters. The van der Waals surface area contributed by atoms with E-state index >= 15 is 0 Å². The summed E-state index contributed by atoms with van der Waals surface area (Å²) in [6.07, 6.45) is 0.951. The van der Waals surface area contributed by atoms with Crippen molar-refractivity contribution in [3.05, 3.63) is 64.6 Å². The van der Waals surface area contributed by atoms with E-state index in [9.17, 15) is 9.59 Å². The zero-order chi connectivity index (χ0) is 19.2. The van der Waals surface area contributed by atoms with Crippen molar-refractivity contribution in [3.63, 3.8) is 0 Å². The molecule has 6 heteroatoms. The molecule has 1 heterocycles. The minimum absolute atomic E-state index is 0.0224. The van der Waals surface area contributed by atoms with Crippen LogP contribution in [0.25, 0.3) is 0 Å². The lowest BCUT2D eigenvalue weighted by Crippen LogP contribution is -2.49. The topological polar surface area (TPSA) is 58.6 Å². The monoisotopic (exact) mass is 430 g/mol. The SMILES string of the molecule is CC(Oc1ccc(Br)cc1)C(=O)N1CCC(NC(=O)c2ccccc2)CC1. The molecule has 2 aromatic carbocycles. The lowest BCUT2D eigenvalue weighted by atomic mass is 10.0. The fraction of sp³-hybridized carbons (Fsp3) is 0.333. The molecule has 1 N–H and O–H groups in total. The van der Waals surface area contributed by atoms with Gasteiger partial charge in [-0.2, -0.15) is 0 Å². The molecule has 1 atom stereocenters. The summed E-state index contributed by atoms with van der Waals surface area (Å²) in [6.45, 7) is 3.01. The summed E-state index contributed by atoms with van der Waals surface area (Å²) in [5, 5.41) is 3.06. The second-order valence-corrected chi connectivity index (χ2v) is 7.57. The third-order valence-electron chi connectivity index (χ3n) is 4.65. The summed E-state index contributed by atoms with van der Waals surface area (Å²) in [4.78, 5) is 26.7. The van der Waals surface area contributed by atoms with Gasteiger partial charge in [0.1, 0.15) is 5.75 Å². The normalized spacial score (nSPS) is 15.9. The number of carbonyl (C=O) groups is 2. The highest BCUT2D eigenvalue weighted by atomic mass is 79.9. The fourth-order valence-corrected chi connectivity index (χ4v) is 3.39. The molecule has 2 aromatic rings. The van der Waals surface area contributed by atoms with Gasteiger partial charge in [-0.25, -0.2) is 0 Å². The van der Waals surface area contributed by atoms with Crippen LogP contribution in [0, 0.1) is 0 Å². The summed E-state index contributed by atoms with van der Waals surface area (Å²) in [6, 6.07) is 16.7. The number of amides is 2. The minimum atomic E-state index is -0.540. The molecule has 0 aromatic heterocycles. The Morgan fingerprint density at radius 3 is 2.33 bits per heavy atom. The molecule has 2 amide bonds. The average molecular weight is 431 g/mol. The van der Waals surface area contributed by atoms with E-state index in [2.05, 4.69) is 21.2 Å². The standard InChI is InChI=1S/C21H23BrN2O3/c1-15(27-19-9-7-17(22)8-10-19)21(26)24-13-11-18(12-14-24)23-20(25)16-5-3-2-4-6-16/h2-10,15,18H,11-14H2,1H3,(H,23,25). The Bertz CT molecular complexity index is 772. The van der Waals surface area contributed by atoms with E-state index in [-0.39, 0.29) is 17.9 Å². The molecule has 142 valence electrons. The highest BCUT2D eigenvalue weighted by Crippen LogP contribution is 2.19. The predicted molar refractivity (Wildman–Crippen MR) is 108 cm³/mol. The zero-order valence-electron chi connectivity index (χ0n) is 15.2. The molecule has 0 bridgehead atoms. The lowest BCUT2D eigenvalue weighted by molar-refractivity contribution is -0.139. The van der Waals surface area contributed by atoms with Gasteiger partial charge >= 0.3 is 0 Å². The lowest BCUT2D eigenvalue weighted by Gasteiger charge is -2.33. The third-order valence-corrected chi connectivity index (χ3v) is 5.18. The summed E-state index contributed by atoms with van der Waals surface area (Å²) >= 11 is 3.38. The van der Waals surface area contributed by atoms with Crippen molar-refractivity contribution in [2.24, 2.45) is 0 Å². The van der Waals surface area contributed by atoms with E-state index in [0.717, 1.165) is 17.3 Å². The summed E-state index contributed by atoms with van der Waals surface area (Å²) < 4.78 is 6.72. The van der Waals surface area contributed by atoms with E-state index in [1.54, 1.807) is 19.1 Å². The maximum atomic E-state index is 12.6. The maximum absolute atomic E-state index is 12.6. The van der Waals surface area contributed by atoms with Crippen LogP contribution in [0.3, 0.4) is 0 Å². The fourth-order valence-electron chi connectivity index (χ4n) is 3.13. The maximum Gasteiger partial charge on any atom is 0.263 e. The van der Waals surface area contributed by atoms with Gasteiger partial charge in [0.15, 0.2) is 6.10 Å². The number of hydrogen-bond donors (Lipinski definition) is 1. The first-order valence-electron chi connectivity index (χ1n) is 9.10. The number of ether oxygens (including phenoxy) is 1. The Morgan fingerprint density at radius 1 is 1.07 bits per heavy atom. The van der Waals surface area contributed by atoms with Crippen molar-refractivity contribution in [3.8, 4) is 5.75 Å². The van der Waals surface area contributed by atoms with Gasteiger partial charge < -0.3 is 15.0 Å². The molecule has 0 spiro atoms. The van der Waals surface area contributed by atoms with Crippen LogP contribution in [0.2, 0.25) is 0 Å². The minimum Gasteiger partial charge on any atom is -0.481 e. The number of benzene rings is 2. The van der Waals surface area contributed by atoms with E-state index in [1.165, 1.54) is 0 Å². The average Bonchev–Trinajstić information content (AvgIpc) is 2.70. The number of hydrogen-bond acceptors (Lipinski definition) is 3. The number of likely N-dealkylation sites (tertiary alicyclic amines) is 1. The molecule has 1 aliphatic heterocycles. The number of nitrogens with one attached hydrogen (secondary N) is 1. The van der Waals surface area contributed by atoms with Crippen LogP contribution < -0.4 is 10.1 Å². The summed E-state index contributed by atoms with van der Waals surface area (Å²) in [5.74, 6) is 0.585. The molecule has 0 saturated carbocycles. The number of nitrogens with zero attached hydrogens (tertiary/aromatic N) is 1. The van der Waals surface area contributed by atoms with Gasteiger partial charge in [0, 0.05) is 29.2 Å². The van der Waals surface area contributed by atoms with Crippen LogP contribution in [0.4, 0.5) is 0 Å². The molecule has 1 saturated heterocycles. The largest absolute Gasteiger partial charge is 0.481 e. The first-order chi connectivity index (χ1) is 13.0. The predicted octanol–water partition coefficient (Wildman–Crippen LogP) is 3.64. The Morgan fingerprint density at radius 2 is 1.70 bits per heavy atom. The molecule has 27 heavy (non-hydrogen) atoms. The summed E-state index contributed by atoms with van der Waals surface area (Å²) in [7, 11) is 0. The quantitative estimate of drug-likeness (QED) is 0.787. The molecule has 0 aliphatic carbocycles. The van der Waals surface area contributed by atoms with Gasteiger partial charge in [-0.05, 0) is 56.2 Å². The first-order valence-corrected chi connectivity index (χ1v) is 9.89. The van der Waals surface area contributed by atoms with Crippen LogP contribution in [0.1, 0.15) is 30.1 Å². The van der Waals surface area contributed by atoms with E-state index in [4.69, 9.17) is 4.74 Å². The molecule has 1 aliphatic rings. The van der Waals surface area contributed by atoms with Gasteiger partial charge in [-0.15, -0.1) is 0 Å². The van der Waals surface area contributed by atoms with Gasteiger partial charge in [-0.1, -0.05) is 34.1 Å². The highest BCUT2D eigenvalue weighted by Gasteiger charge is 2.27. The number of piperidine rings is 1. The molecule has 1 fully saturated rings. The molecular weight excluding hydrogens is 408 g/mol. The molecular formula is C21H23BrN2O3. The molecule has 3 rings (SSSR count). The summed E-state index contributed by atoms with van der Waals surface area (Å²) in [5.41, 5.74) is 0.660. The van der Waals surface area contributed by atoms with Gasteiger partial charge in [0.05, 0.1) is 0 Å². The van der Waals surface area contributed by atoms with Crippen molar-refractivity contribution < 1.29 is 14.3 Å². The third kappa shape index (κ3) is 5.32. The Labute approximate surface area is 167 Å². The number of halogens is 1. The molecule has 5 nitrogen and oxygen atoms in total. The number of carbonyl (C=O) groups excluding carboxylic acids is 2. The Kier molecular flexibility index (Phi) is 6.50. The van der Waals surface area contributed by atoms with Gasteiger partial charge in [0.25, 0.3) is 11.8 Å². The van der Waals surface area contributed by atoms with Crippen LogP contribution in [-0.2, 0) is 4.79 Å². The van der Waals surface area contributed by atoms with E-state index in [0.29, 0.717) is 24.4 Å². The van der Waals surface area contributed by atoms with Crippen LogP contribution in [0.15, 0.2) is 59.1 Å². The number of rotatable bonds is 5. The van der Waals surface area contributed by atoms with E-state index < -0.39 is 6.10 Å². The highest BCUT2D eigenvalue weighted by molar-refractivity contribution is 9.10. The first kappa shape index (κ1) is 19.4. The smallest absolute Gasteiger partial charge is 0.263 e. The van der Waals surface area contributed by atoms with E-state index in [1.807, 2.05) is 47.4 Å². The second-order valence-electron chi connectivity index (χ2n) is 6.65.